The van der Waals surface area contributed by atoms with Crippen LogP contribution in [0.2, 0.25) is 0 Å². The highest BCUT2D eigenvalue weighted by molar-refractivity contribution is 8.01. The highest BCUT2D eigenvalue weighted by atomic mass is 32.2. The van der Waals surface area contributed by atoms with Crippen molar-refractivity contribution < 1.29 is 0 Å². The molecule has 0 aromatic heterocycles. The smallest absolute Gasteiger partial charge is 0.0622 e. The van der Waals surface area contributed by atoms with Crippen LogP contribution in [0, 0.1) is 5.92 Å². The van der Waals surface area contributed by atoms with Crippen molar-refractivity contribution in [1.82, 2.24) is 5.32 Å². The van der Waals surface area contributed by atoms with Crippen LogP contribution in [-0.2, 0) is 0 Å². The van der Waals surface area contributed by atoms with Gasteiger partial charge in [0.2, 0.25) is 0 Å². The zero-order chi connectivity index (χ0) is 8.48. The highest BCUT2D eigenvalue weighted by Gasteiger charge is 2.33. The maximum Gasteiger partial charge on any atom is 0.0622 e. The molecule has 0 bridgehead atoms. The van der Waals surface area contributed by atoms with Crippen molar-refractivity contribution in [3.05, 3.63) is 0 Å². The third-order valence-corrected chi connectivity index (χ3v) is 3.42. The summed E-state index contributed by atoms with van der Waals surface area (Å²) in [4.78, 5) is 0.355. The minimum Gasteiger partial charge on any atom is -0.302 e. The van der Waals surface area contributed by atoms with Gasteiger partial charge in [0.05, 0.1) is 4.87 Å². The topological polar surface area (TPSA) is 12.0 Å². The summed E-state index contributed by atoms with van der Waals surface area (Å²) in [5.41, 5.74) is 0. The van der Waals surface area contributed by atoms with E-state index in [1.165, 1.54) is 13.0 Å². The van der Waals surface area contributed by atoms with Gasteiger partial charge in [0.15, 0.2) is 0 Å². The molecule has 0 aromatic carbocycles. The molecule has 2 unspecified atom stereocenters. The molecule has 1 aliphatic rings. The van der Waals surface area contributed by atoms with E-state index in [0.717, 1.165) is 11.2 Å². The number of hydrogen-bond donors (Lipinski definition) is 1. The predicted octanol–water partition coefficient (Wildman–Crippen LogP) is 2.47. The van der Waals surface area contributed by atoms with E-state index in [4.69, 9.17) is 0 Å². The van der Waals surface area contributed by atoms with Crippen molar-refractivity contribution >= 4 is 11.8 Å². The summed E-state index contributed by atoms with van der Waals surface area (Å²) in [5, 5.41) is 4.37. The Morgan fingerprint density at radius 1 is 1.64 bits per heavy atom. The summed E-state index contributed by atoms with van der Waals surface area (Å²) < 4.78 is 0. The molecule has 0 aromatic rings. The highest BCUT2D eigenvalue weighted by Crippen LogP contribution is 2.36. The molecule has 1 aliphatic heterocycles. The van der Waals surface area contributed by atoms with E-state index < -0.39 is 0 Å². The van der Waals surface area contributed by atoms with E-state index >= 15 is 0 Å². The summed E-state index contributed by atoms with van der Waals surface area (Å²) in [6, 6.07) is 0. The Morgan fingerprint density at radius 3 is 2.64 bits per heavy atom. The first-order chi connectivity index (χ1) is 5.02. The Kier molecular flexibility index (Phi) is 2.87. The van der Waals surface area contributed by atoms with Crippen LogP contribution in [0.3, 0.4) is 0 Å². The molecule has 0 aliphatic carbocycles. The largest absolute Gasteiger partial charge is 0.302 e. The van der Waals surface area contributed by atoms with E-state index in [9.17, 15) is 0 Å². The SMILES string of the molecule is CC(C)CC1(C)NCC(C)S1. The second kappa shape index (κ2) is 3.36. The van der Waals surface area contributed by atoms with Crippen LogP contribution >= 0.6 is 11.8 Å². The normalized spacial score (nSPS) is 38.5. The quantitative estimate of drug-likeness (QED) is 0.688. The molecular weight excluding hydrogens is 154 g/mol. The first-order valence-electron chi connectivity index (χ1n) is 4.45. The molecule has 66 valence electrons. The molecule has 0 amide bonds. The van der Waals surface area contributed by atoms with Crippen molar-refractivity contribution in [3.8, 4) is 0 Å². The fourth-order valence-electron chi connectivity index (χ4n) is 1.79. The molecule has 1 rings (SSSR count). The summed E-state index contributed by atoms with van der Waals surface area (Å²) in [7, 11) is 0. The van der Waals surface area contributed by atoms with Crippen LogP contribution in [0.15, 0.2) is 0 Å². The van der Waals surface area contributed by atoms with Crippen LogP contribution in [0.4, 0.5) is 0 Å². The number of hydrogen-bond acceptors (Lipinski definition) is 2. The Labute approximate surface area is 74.3 Å². The Hall–Kier alpha value is 0.310. The molecule has 11 heavy (non-hydrogen) atoms. The Morgan fingerprint density at radius 2 is 2.27 bits per heavy atom. The van der Waals surface area contributed by atoms with Gasteiger partial charge in [-0.2, -0.15) is 0 Å². The van der Waals surface area contributed by atoms with Gasteiger partial charge in [0.25, 0.3) is 0 Å². The second-order valence-corrected chi connectivity index (χ2v) is 6.08. The van der Waals surface area contributed by atoms with Crippen molar-refractivity contribution in [2.75, 3.05) is 6.54 Å². The molecule has 0 radical (unpaired) electrons. The Balaban J connectivity index is 2.42. The van der Waals surface area contributed by atoms with E-state index in [0.29, 0.717) is 4.87 Å². The van der Waals surface area contributed by atoms with Crippen LogP contribution in [0.25, 0.3) is 0 Å². The lowest BCUT2D eigenvalue weighted by atomic mass is 10.0. The van der Waals surface area contributed by atoms with E-state index in [1.807, 2.05) is 0 Å². The van der Waals surface area contributed by atoms with Gasteiger partial charge in [0.1, 0.15) is 0 Å². The van der Waals surface area contributed by atoms with Crippen molar-refractivity contribution in [3.63, 3.8) is 0 Å². The summed E-state index contributed by atoms with van der Waals surface area (Å²) >= 11 is 2.09. The van der Waals surface area contributed by atoms with Gasteiger partial charge in [-0.05, 0) is 19.3 Å². The number of thioether (sulfide) groups is 1. The molecule has 1 heterocycles. The third kappa shape index (κ3) is 2.68. The van der Waals surface area contributed by atoms with Crippen LogP contribution in [-0.4, -0.2) is 16.7 Å². The first kappa shape index (κ1) is 9.40. The Bertz CT molecular complexity index is 136. The number of rotatable bonds is 2. The van der Waals surface area contributed by atoms with E-state index in [2.05, 4.69) is 44.8 Å². The predicted molar refractivity (Wildman–Crippen MR) is 52.9 cm³/mol. The standard InChI is InChI=1S/C9H19NS/c1-7(2)5-9(4)10-6-8(3)11-9/h7-8,10H,5-6H2,1-4H3. The van der Waals surface area contributed by atoms with Gasteiger partial charge in [-0.25, -0.2) is 0 Å². The van der Waals surface area contributed by atoms with E-state index in [-0.39, 0.29) is 0 Å². The maximum absolute atomic E-state index is 3.58. The molecule has 0 saturated carbocycles. The first-order valence-corrected chi connectivity index (χ1v) is 5.33. The van der Waals surface area contributed by atoms with Gasteiger partial charge >= 0.3 is 0 Å². The van der Waals surface area contributed by atoms with Crippen LogP contribution in [0.5, 0.6) is 0 Å². The lowest BCUT2D eigenvalue weighted by Crippen LogP contribution is -2.34. The molecule has 1 saturated heterocycles. The average molecular weight is 173 g/mol. The molecule has 1 N–H and O–H groups in total. The monoisotopic (exact) mass is 173 g/mol. The van der Waals surface area contributed by atoms with Gasteiger partial charge in [-0.1, -0.05) is 20.8 Å². The van der Waals surface area contributed by atoms with Crippen molar-refractivity contribution in [1.29, 1.82) is 0 Å². The lowest BCUT2D eigenvalue weighted by Gasteiger charge is -2.25. The molecule has 2 atom stereocenters. The zero-order valence-corrected chi connectivity index (χ0v) is 8.79. The van der Waals surface area contributed by atoms with Gasteiger partial charge < -0.3 is 5.32 Å². The molecule has 2 heteroatoms. The van der Waals surface area contributed by atoms with Gasteiger partial charge in [0, 0.05) is 11.8 Å². The summed E-state index contributed by atoms with van der Waals surface area (Å²) in [5.74, 6) is 0.797. The third-order valence-electron chi connectivity index (χ3n) is 2.02. The maximum atomic E-state index is 3.58. The van der Waals surface area contributed by atoms with Crippen LogP contribution in [0.1, 0.15) is 34.1 Å². The van der Waals surface area contributed by atoms with Crippen LogP contribution < -0.4 is 5.32 Å². The lowest BCUT2D eigenvalue weighted by molar-refractivity contribution is 0.427. The minimum absolute atomic E-state index is 0.355. The zero-order valence-electron chi connectivity index (χ0n) is 7.98. The average Bonchev–Trinajstić information content (AvgIpc) is 2.08. The molecule has 0 spiro atoms. The summed E-state index contributed by atoms with van der Waals surface area (Å²) in [6.45, 7) is 10.4. The molecule has 1 nitrogen and oxygen atoms in total. The van der Waals surface area contributed by atoms with Gasteiger partial charge in [-0.15, -0.1) is 11.8 Å². The minimum atomic E-state index is 0.355. The fraction of sp³-hybridized carbons (Fsp3) is 1.00. The van der Waals surface area contributed by atoms with E-state index in [1.54, 1.807) is 0 Å². The van der Waals surface area contributed by atoms with Crippen molar-refractivity contribution in [2.24, 2.45) is 5.92 Å². The van der Waals surface area contributed by atoms with Gasteiger partial charge in [-0.3, -0.25) is 0 Å². The summed E-state index contributed by atoms with van der Waals surface area (Å²) in [6.07, 6.45) is 1.28. The van der Waals surface area contributed by atoms with Crippen molar-refractivity contribution in [2.45, 2.75) is 44.2 Å². The molecular formula is C9H19NS. The fourth-order valence-corrected chi connectivity index (χ4v) is 3.44. The number of nitrogens with one attached hydrogen (secondary N) is 1. The second-order valence-electron chi connectivity index (χ2n) is 4.14. The molecule has 1 fully saturated rings.